The zero-order valence-electron chi connectivity index (χ0n) is 13.5. The van der Waals surface area contributed by atoms with Gasteiger partial charge in [0.1, 0.15) is 28.7 Å². The summed E-state index contributed by atoms with van der Waals surface area (Å²) in [6.07, 6.45) is 1.77. The lowest BCUT2D eigenvalue weighted by Gasteiger charge is -2.11. The van der Waals surface area contributed by atoms with E-state index in [1.807, 2.05) is 28.8 Å². The van der Waals surface area contributed by atoms with Crippen molar-refractivity contribution in [2.75, 3.05) is 7.11 Å². The molecule has 0 N–H and O–H groups in total. The molecule has 120 valence electrons. The smallest absolute Gasteiger partial charge is 0.282 e. The maximum Gasteiger partial charge on any atom is 0.282 e. The topological polar surface area (TPSA) is 72.8 Å². The van der Waals surface area contributed by atoms with Gasteiger partial charge in [-0.25, -0.2) is 4.98 Å². The number of nitrogens with zero attached hydrogens (tertiary/aromatic N) is 4. The predicted octanol–water partition coefficient (Wildman–Crippen LogP) is 2.32. The van der Waals surface area contributed by atoms with Gasteiger partial charge < -0.3 is 9.30 Å². The van der Waals surface area contributed by atoms with E-state index in [0.717, 1.165) is 36.5 Å². The van der Waals surface area contributed by atoms with Crippen molar-refractivity contribution in [2.45, 2.75) is 26.3 Å². The summed E-state index contributed by atoms with van der Waals surface area (Å²) >= 11 is 0. The highest BCUT2D eigenvalue weighted by molar-refractivity contribution is 5.84. The van der Waals surface area contributed by atoms with Gasteiger partial charge in [-0.3, -0.25) is 9.36 Å². The van der Waals surface area contributed by atoms with Gasteiger partial charge in [0, 0.05) is 12.2 Å². The minimum Gasteiger partial charge on any atom is -0.497 e. The van der Waals surface area contributed by atoms with Gasteiger partial charge in [0.25, 0.3) is 5.56 Å². The Hall–Kier alpha value is -3.07. The van der Waals surface area contributed by atoms with E-state index < -0.39 is 0 Å². The zero-order valence-corrected chi connectivity index (χ0v) is 13.5. The molecule has 0 amide bonds. The zero-order chi connectivity index (χ0) is 16.8. The molecule has 0 fully saturated rings. The molecule has 1 aromatic carbocycles. The third-order valence-electron chi connectivity index (χ3n) is 4.59. The number of aryl methyl sites for hydroxylation is 2. The summed E-state index contributed by atoms with van der Waals surface area (Å²) in [5.41, 5.74) is 3.14. The largest absolute Gasteiger partial charge is 0.497 e. The van der Waals surface area contributed by atoms with E-state index in [9.17, 15) is 10.1 Å². The van der Waals surface area contributed by atoms with Crippen LogP contribution < -0.4 is 10.3 Å². The lowest BCUT2D eigenvalue weighted by Crippen LogP contribution is -2.23. The minimum absolute atomic E-state index is 0.132. The van der Waals surface area contributed by atoms with Gasteiger partial charge in [-0.05, 0) is 44.0 Å². The van der Waals surface area contributed by atoms with E-state index in [2.05, 4.69) is 11.1 Å². The SMILES string of the molecule is COc1ccc(-n2c(C)nc3c(C#N)c4n(c3c2=O)CCC4)cc1. The molecule has 1 aliphatic heterocycles. The van der Waals surface area contributed by atoms with E-state index in [-0.39, 0.29) is 5.56 Å². The molecule has 4 rings (SSSR count). The van der Waals surface area contributed by atoms with Gasteiger partial charge in [0.15, 0.2) is 0 Å². The molecule has 0 aliphatic carbocycles. The summed E-state index contributed by atoms with van der Waals surface area (Å²) in [5, 5.41) is 9.49. The number of aromatic nitrogens is 3. The molecule has 3 heterocycles. The average molecular weight is 320 g/mol. The summed E-state index contributed by atoms with van der Waals surface area (Å²) in [5.74, 6) is 1.30. The number of hydrogen-bond acceptors (Lipinski definition) is 4. The fraction of sp³-hybridized carbons (Fsp3) is 0.278. The highest BCUT2D eigenvalue weighted by Gasteiger charge is 2.25. The van der Waals surface area contributed by atoms with Crippen LogP contribution in [-0.4, -0.2) is 21.2 Å². The molecule has 24 heavy (non-hydrogen) atoms. The third kappa shape index (κ3) is 1.88. The molecule has 0 radical (unpaired) electrons. The summed E-state index contributed by atoms with van der Waals surface area (Å²) in [4.78, 5) is 17.7. The third-order valence-corrected chi connectivity index (χ3v) is 4.59. The molecule has 1 aliphatic rings. The molecule has 6 heteroatoms. The Kier molecular flexibility index (Phi) is 3.17. The van der Waals surface area contributed by atoms with Crippen LogP contribution >= 0.6 is 0 Å². The maximum absolute atomic E-state index is 13.2. The first-order valence-corrected chi connectivity index (χ1v) is 7.85. The normalized spacial score (nSPS) is 13.0. The number of nitriles is 1. The minimum atomic E-state index is -0.132. The van der Waals surface area contributed by atoms with Gasteiger partial charge in [-0.1, -0.05) is 0 Å². The second-order valence-corrected chi connectivity index (χ2v) is 5.88. The highest BCUT2D eigenvalue weighted by Crippen LogP contribution is 2.28. The van der Waals surface area contributed by atoms with Gasteiger partial charge in [0.05, 0.1) is 18.4 Å². The first-order valence-electron chi connectivity index (χ1n) is 7.85. The van der Waals surface area contributed by atoms with Crippen LogP contribution in [0.2, 0.25) is 0 Å². The Labute approximate surface area is 138 Å². The van der Waals surface area contributed by atoms with Crippen molar-refractivity contribution in [3.05, 3.63) is 51.7 Å². The Balaban J connectivity index is 2.04. The van der Waals surface area contributed by atoms with E-state index in [1.54, 1.807) is 18.6 Å². The van der Waals surface area contributed by atoms with Crippen molar-refractivity contribution in [1.82, 2.24) is 14.1 Å². The molecule has 0 saturated carbocycles. The lowest BCUT2D eigenvalue weighted by molar-refractivity contribution is 0.414. The van der Waals surface area contributed by atoms with Crippen LogP contribution in [0.15, 0.2) is 29.1 Å². The Morgan fingerprint density at radius 2 is 2.04 bits per heavy atom. The Morgan fingerprint density at radius 3 is 2.71 bits per heavy atom. The first-order chi connectivity index (χ1) is 11.7. The second-order valence-electron chi connectivity index (χ2n) is 5.88. The van der Waals surface area contributed by atoms with Crippen molar-refractivity contribution < 1.29 is 4.74 Å². The predicted molar refractivity (Wildman–Crippen MR) is 89.7 cm³/mol. The van der Waals surface area contributed by atoms with Crippen LogP contribution in [0.1, 0.15) is 23.5 Å². The van der Waals surface area contributed by atoms with Gasteiger partial charge in [-0.15, -0.1) is 0 Å². The van der Waals surface area contributed by atoms with Crippen molar-refractivity contribution in [2.24, 2.45) is 0 Å². The van der Waals surface area contributed by atoms with Crippen LogP contribution in [0.4, 0.5) is 0 Å². The Bertz CT molecular complexity index is 1050. The van der Waals surface area contributed by atoms with E-state index >= 15 is 0 Å². The molecule has 2 aromatic heterocycles. The monoisotopic (exact) mass is 320 g/mol. The standard InChI is InChI=1S/C18H16N4O2/c1-11-20-16-14(10-19)15-4-3-9-21(15)17(16)18(23)22(11)12-5-7-13(24-2)8-6-12/h5-8H,3-4,9H2,1-2H3. The van der Waals surface area contributed by atoms with E-state index in [0.29, 0.717) is 22.4 Å². The number of hydrogen-bond donors (Lipinski definition) is 0. The van der Waals surface area contributed by atoms with Crippen molar-refractivity contribution in [3.63, 3.8) is 0 Å². The van der Waals surface area contributed by atoms with Crippen LogP contribution in [0, 0.1) is 18.3 Å². The molecule has 0 bridgehead atoms. The second kappa shape index (κ2) is 5.24. The van der Waals surface area contributed by atoms with Crippen LogP contribution in [0.5, 0.6) is 5.75 Å². The summed E-state index contributed by atoms with van der Waals surface area (Å²) in [6.45, 7) is 2.55. The maximum atomic E-state index is 13.2. The first kappa shape index (κ1) is 14.5. The average Bonchev–Trinajstić information content (AvgIpc) is 3.15. The number of rotatable bonds is 2. The molecule has 0 spiro atoms. The van der Waals surface area contributed by atoms with E-state index in [1.165, 1.54) is 0 Å². The molecular weight excluding hydrogens is 304 g/mol. The highest BCUT2D eigenvalue weighted by atomic mass is 16.5. The van der Waals surface area contributed by atoms with Gasteiger partial charge >= 0.3 is 0 Å². The number of benzene rings is 1. The molecular formula is C18H16N4O2. The number of methoxy groups -OCH3 is 1. The molecule has 0 atom stereocenters. The van der Waals surface area contributed by atoms with Crippen molar-refractivity contribution >= 4 is 11.0 Å². The van der Waals surface area contributed by atoms with Crippen LogP contribution in [0.3, 0.4) is 0 Å². The lowest BCUT2D eigenvalue weighted by atomic mass is 10.2. The van der Waals surface area contributed by atoms with Gasteiger partial charge in [0.2, 0.25) is 0 Å². The van der Waals surface area contributed by atoms with Gasteiger partial charge in [-0.2, -0.15) is 5.26 Å². The Morgan fingerprint density at radius 1 is 1.29 bits per heavy atom. The summed E-state index contributed by atoms with van der Waals surface area (Å²) in [7, 11) is 1.60. The number of fused-ring (bicyclic) bond motifs is 3. The van der Waals surface area contributed by atoms with Crippen LogP contribution in [0.25, 0.3) is 16.7 Å². The fourth-order valence-corrected chi connectivity index (χ4v) is 3.51. The quantitative estimate of drug-likeness (QED) is 0.726. The fourth-order valence-electron chi connectivity index (χ4n) is 3.51. The number of ether oxygens (including phenoxy) is 1. The van der Waals surface area contributed by atoms with Crippen LogP contribution in [-0.2, 0) is 13.0 Å². The van der Waals surface area contributed by atoms with Crippen molar-refractivity contribution in [3.8, 4) is 17.5 Å². The van der Waals surface area contributed by atoms with E-state index in [4.69, 9.17) is 4.74 Å². The molecule has 0 unspecified atom stereocenters. The summed E-state index contributed by atoms with van der Waals surface area (Å²) in [6, 6.07) is 9.53. The molecule has 0 saturated heterocycles. The molecule has 6 nitrogen and oxygen atoms in total. The molecule has 3 aromatic rings. The van der Waals surface area contributed by atoms with Crippen molar-refractivity contribution in [1.29, 1.82) is 5.26 Å². The summed E-state index contributed by atoms with van der Waals surface area (Å²) < 4.78 is 8.72.